The van der Waals surface area contributed by atoms with Crippen LogP contribution in [0.25, 0.3) is 11.0 Å². The lowest BCUT2D eigenvalue weighted by atomic mass is 10.2. The number of carbonyl (C=O) groups is 1. The third-order valence-corrected chi connectivity index (χ3v) is 5.70. The Morgan fingerprint density at radius 1 is 1.17 bits per heavy atom. The molecule has 0 bridgehead atoms. The number of nitrogens with zero attached hydrogens (tertiary/aromatic N) is 3. The molecule has 0 radical (unpaired) electrons. The van der Waals surface area contributed by atoms with E-state index < -0.39 is 15.7 Å². The zero-order chi connectivity index (χ0) is 21.5. The van der Waals surface area contributed by atoms with Crippen LogP contribution in [0.2, 0.25) is 0 Å². The number of primary amides is 1. The molecule has 0 aliphatic carbocycles. The van der Waals surface area contributed by atoms with Crippen LogP contribution in [0.15, 0.2) is 57.9 Å². The number of rotatable bonds is 6. The Balaban J connectivity index is 1.76. The fourth-order valence-corrected chi connectivity index (χ4v) is 3.74. The summed E-state index contributed by atoms with van der Waals surface area (Å²) in [6.45, 7) is 2.19. The van der Waals surface area contributed by atoms with Crippen molar-refractivity contribution in [1.82, 2.24) is 14.7 Å². The predicted octanol–water partition coefficient (Wildman–Crippen LogP) is 2.63. The summed E-state index contributed by atoms with van der Waals surface area (Å²) < 4.78 is 30.4. The van der Waals surface area contributed by atoms with Gasteiger partial charge in [0.15, 0.2) is 9.84 Å². The summed E-state index contributed by atoms with van der Waals surface area (Å²) in [4.78, 5) is 16.4. The van der Waals surface area contributed by atoms with Crippen molar-refractivity contribution in [1.29, 1.82) is 0 Å². The van der Waals surface area contributed by atoms with Gasteiger partial charge in [-0.05, 0) is 49.4 Å². The van der Waals surface area contributed by atoms with E-state index in [0.717, 1.165) is 11.8 Å². The van der Waals surface area contributed by atoms with Gasteiger partial charge < -0.3 is 20.1 Å². The number of hydrogen-bond acceptors (Lipinski definition) is 7. The number of imidazole rings is 1. The van der Waals surface area contributed by atoms with Crippen LogP contribution in [-0.2, 0) is 16.4 Å². The average Bonchev–Trinajstić information content (AvgIpc) is 3.24. The van der Waals surface area contributed by atoms with Gasteiger partial charge in [-0.25, -0.2) is 13.4 Å². The lowest BCUT2D eigenvalue weighted by molar-refractivity contribution is 0.100. The first-order valence-electron chi connectivity index (χ1n) is 9.00. The van der Waals surface area contributed by atoms with Gasteiger partial charge in [0.1, 0.15) is 11.5 Å². The van der Waals surface area contributed by atoms with Gasteiger partial charge in [0.05, 0.1) is 22.5 Å². The van der Waals surface area contributed by atoms with Crippen LogP contribution < -0.4 is 11.1 Å². The number of benzene rings is 2. The summed E-state index contributed by atoms with van der Waals surface area (Å²) >= 11 is 0. The van der Waals surface area contributed by atoms with Gasteiger partial charge in [-0.15, -0.1) is 0 Å². The minimum absolute atomic E-state index is 0.228. The summed E-state index contributed by atoms with van der Waals surface area (Å²) in [6, 6.07) is 13.2. The highest BCUT2D eigenvalue weighted by Gasteiger charge is 2.15. The first kappa shape index (κ1) is 19.6. The predicted molar refractivity (Wildman–Crippen MR) is 111 cm³/mol. The van der Waals surface area contributed by atoms with Crippen LogP contribution in [0.5, 0.6) is 0 Å². The summed E-state index contributed by atoms with van der Waals surface area (Å²) in [5, 5.41) is 7.24. The number of carbonyl (C=O) groups excluding carboxylic acids is 1. The number of sulfone groups is 1. The van der Waals surface area contributed by atoms with Crippen molar-refractivity contribution in [2.24, 2.45) is 5.73 Å². The third kappa shape index (κ3) is 3.90. The maximum atomic E-state index is 11.7. The normalized spacial score (nSPS) is 11.7. The van der Waals surface area contributed by atoms with Crippen LogP contribution >= 0.6 is 0 Å². The van der Waals surface area contributed by atoms with Crippen molar-refractivity contribution in [3.8, 4) is 0 Å². The summed E-state index contributed by atoms with van der Waals surface area (Å²) in [5.74, 6) is 0.653. The number of anilines is 2. The van der Waals surface area contributed by atoms with E-state index in [0.29, 0.717) is 40.7 Å². The molecule has 4 aromatic rings. The van der Waals surface area contributed by atoms with Crippen molar-refractivity contribution in [3.05, 3.63) is 65.5 Å². The van der Waals surface area contributed by atoms with E-state index in [2.05, 4.69) is 15.5 Å². The Labute approximate surface area is 172 Å². The van der Waals surface area contributed by atoms with Gasteiger partial charge >= 0.3 is 0 Å². The van der Waals surface area contributed by atoms with Crippen LogP contribution in [0.4, 0.5) is 11.6 Å². The molecule has 2 aromatic heterocycles. The largest absolute Gasteiger partial charge is 0.366 e. The topological polar surface area (TPSA) is 133 Å². The van der Waals surface area contributed by atoms with E-state index >= 15 is 0 Å². The molecule has 1 amide bonds. The molecular formula is C20H19N5O4S. The number of aryl methyl sites for hydroxylation is 1. The summed E-state index contributed by atoms with van der Waals surface area (Å²) in [5.41, 5.74) is 8.47. The first-order valence-corrected chi connectivity index (χ1v) is 10.9. The Morgan fingerprint density at radius 2 is 1.90 bits per heavy atom. The molecule has 0 atom stereocenters. The van der Waals surface area contributed by atoms with Gasteiger partial charge in [0, 0.05) is 23.6 Å². The smallest absolute Gasteiger partial charge is 0.248 e. The molecule has 2 aromatic carbocycles. The van der Waals surface area contributed by atoms with Crippen molar-refractivity contribution in [2.75, 3.05) is 11.6 Å². The highest BCUT2D eigenvalue weighted by atomic mass is 32.2. The molecule has 0 aliphatic rings. The van der Waals surface area contributed by atoms with Crippen molar-refractivity contribution < 1.29 is 17.7 Å². The molecular weight excluding hydrogens is 406 g/mol. The fourth-order valence-electron chi connectivity index (χ4n) is 3.11. The monoisotopic (exact) mass is 425 g/mol. The molecule has 0 unspecified atom stereocenters. The Morgan fingerprint density at radius 3 is 2.50 bits per heavy atom. The van der Waals surface area contributed by atoms with E-state index in [1.165, 1.54) is 12.1 Å². The molecule has 0 fully saturated rings. The highest BCUT2D eigenvalue weighted by Crippen LogP contribution is 2.26. The molecule has 10 heteroatoms. The molecule has 30 heavy (non-hydrogen) atoms. The number of amides is 1. The molecule has 154 valence electrons. The van der Waals surface area contributed by atoms with Gasteiger partial charge in [-0.1, -0.05) is 5.16 Å². The van der Waals surface area contributed by atoms with Crippen molar-refractivity contribution in [2.45, 2.75) is 18.4 Å². The lowest BCUT2D eigenvalue weighted by Crippen LogP contribution is -2.10. The van der Waals surface area contributed by atoms with E-state index in [-0.39, 0.29) is 4.90 Å². The van der Waals surface area contributed by atoms with Crippen LogP contribution in [0.3, 0.4) is 0 Å². The van der Waals surface area contributed by atoms with E-state index in [1.807, 2.05) is 17.6 Å². The molecule has 0 saturated carbocycles. The summed E-state index contributed by atoms with van der Waals surface area (Å²) in [7, 11) is -3.28. The number of aromatic nitrogens is 3. The Bertz CT molecular complexity index is 1350. The highest BCUT2D eigenvalue weighted by molar-refractivity contribution is 7.90. The Hall–Kier alpha value is -3.66. The van der Waals surface area contributed by atoms with Crippen LogP contribution in [-0.4, -0.2) is 35.3 Å². The average molecular weight is 425 g/mol. The quantitative estimate of drug-likeness (QED) is 0.485. The molecule has 0 spiro atoms. The minimum Gasteiger partial charge on any atom is -0.366 e. The number of fused-ring (bicyclic) bond motifs is 1. The number of nitrogens with two attached hydrogens (primary N) is 1. The first-order chi connectivity index (χ1) is 14.2. The molecule has 2 heterocycles. The van der Waals surface area contributed by atoms with E-state index in [4.69, 9.17) is 10.3 Å². The lowest BCUT2D eigenvalue weighted by Gasteiger charge is -2.10. The minimum atomic E-state index is -3.28. The van der Waals surface area contributed by atoms with Crippen LogP contribution in [0, 0.1) is 6.92 Å². The van der Waals surface area contributed by atoms with Gasteiger partial charge in [-0.3, -0.25) is 4.79 Å². The zero-order valence-electron chi connectivity index (χ0n) is 16.3. The Kier molecular flexibility index (Phi) is 4.78. The summed E-state index contributed by atoms with van der Waals surface area (Å²) in [6.07, 6.45) is 1.16. The van der Waals surface area contributed by atoms with Crippen molar-refractivity contribution >= 4 is 38.4 Å². The standard InChI is InChI=1S/C20H19N5O4S/c1-12-9-15(24-29-12)11-25-18-8-3-13(19(21)26)10-17(18)23-20(25)22-14-4-6-16(7-5-14)30(2,27)28/h3-10H,11H2,1-2H3,(H2,21,26)(H,22,23). The molecule has 0 aliphatic heterocycles. The fraction of sp³-hybridized carbons (Fsp3) is 0.150. The number of nitrogens with one attached hydrogen (secondary N) is 1. The van der Waals surface area contributed by atoms with Crippen molar-refractivity contribution in [3.63, 3.8) is 0 Å². The molecule has 9 nitrogen and oxygen atoms in total. The van der Waals surface area contributed by atoms with Crippen LogP contribution in [0.1, 0.15) is 21.8 Å². The van der Waals surface area contributed by atoms with Gasteiger partial charge in [-0.2, -0.15) is 0 Å². The SMILES string of the molecule is Cc1cc(Cn2c(Nc3ccc(S(C)(=O)=O)cc3)nc3cc(C(N)=O)ccc32)no1. The maximum Gasteiger partial charge on any atom is 0.248 e. The molecule has 4 rings (SSSR count). The second kappa shape index (κ2) is 7.30. The second-order valence-corrected chi connectivity index (χ2v) is 8.96. The third-order valence-electron chi connectivity index (χ3n) is 4.57. The second-order valence-electron chi connectivity index (χ2n) is 6.94. The molecule has 3 N–H and O–H groups in total. The van der Waals surface area contributed by atoms with Gasteiger partial charge in [0.25, 0.3) is 0 Å². The number of hydrogen-bond donors (Lipinski definition) is 2. The zero-order valence-corrected chi connectivity index (χ0v) is 17.1. The van der Waals surface area contributed by atoms with E-state index in [1.54, 1.807) is 30.3 Å². The van der Waals surface area contributed by atoms with E-state index in [9.17, 15) is 13.2 Å². The molecule has 0 saturated heterocycles. The van der Waals surface area contributed by atoms with Gasteiger partial charge in [0.2, 0.25) is 11.9 Å². The maximum absolute atomic E-state index is 11.7.